The second kappa shape index (κ2) is 8.16. The fraction of sp³-hybridized carbons (Fsp3) is 0.750. The van der Waals surface area contributed by atoms with Crippen LogP contribution in [0.25, 0.3) is 0 Å². The second-order valence-corrected chi connectivity index (χ2v) is 4.30. The zero-order chi connectivity index (χ0) is 13.4. The lowest BCUT2D eigenvalue weighted by Crippen LogP contribution is -2.24. The van der Waals surface area contributed by atoms with Crippen LogP contribution in [-0.4, -0.2) is 37.2 Å². The highest BCUT2D eigenvalue weighted by molar-refractivity contribution is 4.94. The van der Waals surface area contributed by atoms with E-state index in [9.17, 15) is 8.78 Å². The highest BCUT2D eigenvalue weighted by atomic mass is 19.3. The van der Waals surface area contributed by atoms with Gasteiger partial charge < -0.3 is 14.5 Å². The van der Waals surface area contributed by atoms with Gasteiger partial charge >= 0.3 is 0 Å². The molecule has 0 saturated carbocycles. The van der Waals surface area contributed by atoms with E-state index in [-0.39, 0.29) is 6.61 Å². The van der Waals surface area contributed by atoms with Gasteiger partial charge in [0.1, 0.15) is 12.4 Å². The molecular formula is C12H20F2N2O2. The average molecular weight is 262 g/mol. The molecule has 4 nitrogen and oxygen atoms in total. The van der Waals surface area contributed by atoms with E-state index in [1.54, 1.807) is 6.20 Å². The highest BCUT2D eigenvalue weighted by Crippen LogP contribution is 2.05. The second-order valence-electron chi connectivity index (χ2n) is 4.30. The van der Waals surface area contributed by atoms with Gasteiger partial charge in [-0.25, -0.2) is 13.8 Å². The van der Waals surface area contributed by atoms with Gasteiger partial charge in [0, 0.05) is 25.4 Å². The molecule has 6 heteroatoms. The molecule has 18 heavy (non-hydrogen) atoms. The standard InChI is InChI=1S/C12H20F2N2O2/c1-9(2)15-5-3-12-16-7-10(18-12)4-6-17-8-11(13)14/h7,9,11,15H,3-6,8H2,1-2H3. The Balaban J connectivity index is 2.17. The van der Waals surface area contributed by atoms with E-state index in [2.05, 4.69) is 24.1 Å². The number of nitrogens with one attached hydrogen (secondary N) is 1. The molecule has 1 rings (SSSR count). The van der Waals surface area contributed by atoms with Crippen molar-refractivity contribution in [2.45, 2.75) is 39.2 Å². The van der Waals surface area contributed by atoms with Crippen LogP contribution in [0.5, 0.6) is 0 Å². The van der Waals surface area contributed by atoms with Crippen molar-refractivity contribution >= 4 is 0 Å². The lowest BCUT2D eigenvalue weighted by molar-refractivity contribution is 0.0176. The molecule has 1 N–H and O–H groups in total. The molecule has 0 saturated heterocycles. The molecule has 0 unspecified atom stereocenters. The van der Waals surface area contributed by atoms with Gasteiger partial charge in [0.25, 0.3) is 6.43 Å². The molecule has 0 aliphatic carbocycles. The van der Waals surface area contributed by atoms with E-state index in [0.29, 0.717) is 24.1 Å². The summed E-state index contributed by atoms with van der Waals surface area (Å²) in [5.41, 5.74) is 0. The SMILES string of the molecule is CC(C)NCCc1ncc(CCOCC(F)F)o1. The summed E-state index contributed by atoms with van der Waals surface area (Å²) in [5.74, 6) is 1.33. The van der Waals surface area contributed by atoms with Crippen molar-refractivity contribution in [1.29, 1.82) is 0 Å². The van der Waals surface area contributed by atoms with E-state index in [1.165, 1.54) is 0 Å². The van der Waals surface area contributed by atoms with Crippen LogP contribution < -0.4 is 5.32 Å². The highest BCUT2D eigenvalue weighted by Gasteiger charge is 2.06. The van der Waals surface area contributed by atoms with Crippen LogP contribution in [0, 0.1) is 0 Å². The van der Waals surface area contributed by atoms with Crippen LogP contribution in [0.4, 0.5) is 8.78 Å². The van der Waals surface area contributed by atoms with Crippen molar-refractivity contribution in [2.24, 2.45) is 0 Å². The molecule has 0 aliphatic rings. The molecule has 1 aromatic heterocycles. The smallest absolute Gasteiger partial charge is 0.261 e. The van der Waals surface area contributed by atoms with Crippen molar-refractivity contribution < 1.29 is 17.9 Å². The lowest BCUT2D eigenvalue weighted by Gasteiger charge is -2.05. The zero-order valence-electron chi connectivity index (χ0n) is 10.8. The van der Waals surface area contributed by atoms with Gasteiger partial charge in [0.15, 0.2) is 5.89 Å². The summed E-state index contributed by atoms with van der Waals surface area (Å²) in [6.07, 6.45) is 0.390. The number of hydrogen-bond donors (Lipinski definition) is 1. The van der Waals surface area contributed by atoms with E-state index < -0.39 is 13.0 Å². The van der Waals surface area contributed by atoms with Gasteiger partial charge in [-0.3, -0.25) is 0 Å². The van der Waals surface area contributed by atoms with Crippen molar-refractivity contribution in [3.8, 4) is 0 Å². The third-order valence-electron chi connectivity index (χ3n) is 2.23. The summed E-state index contributed by atoms with van der Waals surface area (Å²) in [5, 5.41) is 3.26. The molecular weight excluding hydrogens is 242 g/mol. The first kappa shape index (κ1) is 15.0. The first-order valence-corrected chi connectivity index (χ1v) is 6.10. The Morgan fingerprint density at radius 2 is 2.17 bits per heavy atom. The minimum absolute atomic E-state index is 0.225. The molecule has 104 valence electrons. The summed E-state index contributed by atoms with van der Waals surface area (Å²) in [6, 6.07) is 0.433. The molecule has 0 bridgehead atoms. The zero-order valence-corrected chi connectivity index (χ0v) is 10.8. The van der Waals surface area contributed by atoms with Crippen molar-refractivity contribution in [1.82, 2.24) is 10.3 Å². The maximum absolute atomic E-state index is 11.8. The number of ether oxygens (including phenoxy) is 1. The summed E-state index contributed by atoms with van der Waals surface area (Å²) in [7, 11) is 0. The number of rotatable bonds is 9. The molecule has 0 amide bonds. The number of aromatic nitrogens is 1. The van der Waals surface area contributed by atoms with E-state index in [1.807, 2.05) is 0 Å². The minimum atomic E-state index is -2.42. The Morgan fingerprint density at radius 1 is 1.39 bits per heavy atom. The maximum Gasteiger partial charge on any atom is 0.261 e. The maximum atomic E-state index is 11.8. The minimum Gasteiger partial charge on any atom is -0.446 e. The van der Waals surface area contributed by atoms with Crippen molar-refractivity contribution in [3.05, 3.63) is 17.8 Å². The number of hydrogen-bond acceptors (Lipinski definition) is 4. The van der Waals surface area contributed by atoms with Crippen molar-refractivity contribution in [3.63, 3.8) is 0 Å². The topological polar surface area (TPSA) is 47.3 Å². The molecule has 0 aromatic carbocycles. The Hall–Kier alpha value is -1.01. The van der Waals surface area contributed by atoms with Crippen LogP contribution in [0.3, 0.4) is 0 Å². The predicted molar refractivity (Wildman–Crippen MR) is 63.9 cm³/mol. The molecule has 1 heterocycles. The van der Waals surface area contributed by atoms with E-state index >= 15 is 0 Å². The normalized spacial score (nSPS) is 11.7. The quantitative estimate of drug-likeness (QED) is 0.692. The number of alkyl halides is 2. The van der Waals surface area contributed by atoms with Crippen LogP contribution in [0.15, 0.2) is 10.6 Å². The number of nitrogens with zero attached hydrogens (tertiary/aromatic N) is 1. The summed E-state index contributed by atoms with van der Waals surface area (Å²) < 4.78 is 33.8. The first-order chi connectivity index (χ1) is 8.58. The Kier molecular flexibility index (Phi) is 6.82. The van der Waals surface area contributed by atoms with Gasteiger partial charge in [-0.05, 0) is 0 Å². The summed E-state index contributed by atoms with van der Waals surface area (Å²) in [4.78, 5) is 4.12. The number of oxazole rings is 1. The summed E-state index contributed by atoms with van der Waals surface area (Å²) >= 11 is 0. The Labute approximate surface area is 106 Å². The van der Waals surface area contributed by atoms with Gasteiger partial charge in [-0.2, -0.15) is 0 Å². The van der Waals surface area contributed by atoms with Crippen LogP contribution in [0.1, 0.15) is 25.5 Å². The Morgan fingerprint density at radius 3 is 2.83 bits per heavy atom. The monoisotopic (exact) mass is 262 g/mol. The Bertz CT molecular complexity index is 330. The molecule has 0 aliphatic heterocycles. The fourth-order valence-corrected chi connectivity index (χ4v) is 1.39. The predicted octanol–water partition coefficient (Wildman–Crippen LogP) is 2.04. The fourth-order valence-electron chi connectivity index (χ4n) is 1.39. The van der Waals surface area contributed by atoms with Gasteiger partial charge in [-0.15, -0.1) is 0 Å². The van der Waals surface area contributed by atoms with Gasteiger partial charge in [0.05, 0.1) is 12.8 Å². The number of halogens is 2. The molecule has 0 fully saturated rings. The third kappa shape index (κ3) is 6.66. The van der Waals surface area contributed by atoms with Gasteiger partial charge in [0.2, 0.25) is 0 Å². The largest absolute Gasteiger partial charge is 0.446 e. The first-order valence-electron chi connectivity index (χ1n) is 6.10. The van der Waals surface area contributed by atoms with E-state index in [4.69, 9.17) is 9.15 Å². The average Bonchev–Trinajstić information content (AvgIpc) is 2.72. The lowest BCUT2D eigenvalue weighted by atomic mass is 10.3. The molecule has 1 aromatic rings. The van der Waals surface area contributed by atoms with Gasteiger partial charge in [-0.1, -0.05) is 13.8 Å². The molecule has 0 atom stereocenters. The van der Waals surface area contributed by atoms with Crippen LogP contribution in [0.2, 0.25) is 0 Å². The molecule has 0 spiro atoms. The van der Waals surface area contributed by atoms with E-state index in [0.717, 1.165) is 13.0 Å². The summed E-state index contributed by atoms with van der Waals surface area (Å²) in [6.45, 7) is 4.64. The molecule has 0 radical (unpaired) electrons. The third-order valence-corrected chi connectivity index (χ3v) is 2.23. The van der Waals surface area contributed by atoms with Crippen molar-refractivity contribution in [2.75, 3.05) is 19.8 Å². The van der Waals surface area contributed by atoms with Crippen LogP contribution >= 0.6 is 0 Å². The van der Waals surface area contributed by atoms with Crippen LogP contribution in [-0.2, 0) is 17.6 Å².